The van der Waals surface area contributed by atoms with Crippen molar-refractivity contribution in [3.05, 3.63) is 11.3 Å². The van der Waals surface area contributed by atoms with Crippen LogP contribution in [0.2, 0.25) is 0 Å². The zero-order chi connectivity index (χ0) is 8.13. The highest BCUT2D eigenvalue weighted by Gasteiger charge is 2.31. The molecule has 2 aliphatic rings. The number of nitrogens with zero attached hydrogens (tertiary/aromatic N) is 2. The van der Waals surface area contributed by atoms with Gasteiger partial charge in [0.1, 0.15) is 5.82 Å². The first-order chi connectivity index (χ1) is 5.86. The molecule has 0 amide bonds. The molecule has 0 radical (unpaired) electrons. The molecule has 12 heavy (non-hydrogen) atoms. The molecule has 2 heterocycles. The number of rotatable bonds is 1. The molecule has 0 bridgehead atoms. The monoisotopic (exact) mass is 181 g/mol. The van der Waals surface area contributed by atoms with E-state index in [-0.39, 0.29) is 0 Å². The number of fused-ring (bicyclic) bond motifs is 1. The van der Waals surface area contributed by atoms with Gasteiger partial charge in [0.2, 0.25) is 0 Å². The summed E-state index contributed by atoms with van der Waals surface area (Å²) in [5, 5.41) is 4.38. The van der Waals surface area contributed by atoms with Gasteiger partial charge in [-0.25, -0.2) is 0 Å². The molecule has 64 valence electrons. The Labute approximate surface area is 75.3 Å². The van der Waals surface area contributed by atoms with Gasteiger partial charge in [0.05, 0.1) is 11.7 Å². The molecule has 0 saturated heterocycles. The highest BCUT2D eigenvalue weighted by atomic mass is 32.2. The van der Waals surface area contributed by atoms with Gasteiger partial charge in [0.25, 0.3) is 0 Å². The first-order valence-electron chi connectivity index (χ1n) is 4.30. The molecule has 0 spiro atoms. The predicted molar refractivity (Wildman–Crippen MR) is 49.9 cm³/mol. The van der Waals surface area contributed by atoms with Crippen molar-refractivity contribution in [2.24, 2.45) is 0 Å². The summed E-state index contributed by atoms with van der Waals surface area (Å²) in [6.07, 6.45) is 2.58. The molecule has 1 aliphatic carbocycles. The molecule has 1 aromatic rings. The second-order valence-electron chi connectivity index (χ2n) is 3.48. The average Bonchev–Trinajstić information content (AvgIpc) is 2.68. The number of hydrogen-bond acceptors (Lipinski definition) is 3. The fourth-order valence-corrected chi connectivity index (χ4v) is 2.82. The molecule has 1 aromatic heterocycles. The average molecular weight is 181 g/mol. The number of anilines is 1. The lowest BCUT2D eigenvalue weighted by molar-refractivity contribution is 0.622. The Morgan fingerprint density at radius 1 is 1.42 bits per heavy atom. The van der Waals surface area contributed by atoms with Gasteiger partial charge in [0.15, 0.2) is 0 Å². The largest absolute Gasteiger partial charge is 0.382 e. The Morgan fingerprint density at radius 2 is 2.25 bits per heavy atom. The van der Waals surface area contributed by atoms with Gasteiger partial charge >= 0.3 is 0 Å². The van der Waals surface area contributed by atoms with Crippen LogP contribution in [0, 0.1) is 0 Å². The summed E-state index contributed by atoms with van der Waals surface area (Å²) in [6.45, 7) is 0. The molecule has 3 rings (SSSR count). The van der Waals surface area contributed by atoms with E-state index >= 15 is 0 Å². The lowest BCUT2D eigenvalue weighted by Gasteiger charge is -2.00. The van der Waals surface area contributed by atoms with E-state index < -0.39 is 0 Å². The maximum absolute atomic E-state index is 5.81. The van der Waals surface area contributed by atoms with Crippen molar-refractivity contribution in [1.29, 1.82) is 0 Å². The summed E-state index contributed by atoms with van der Waals surface area (Å²) in [6, 6.07) is 0.676. The van der Waals surface area contributed by atoms with Gasteiger partial charge in [-0.15, -0.1) is 0 Å². The smallest absolute Gasteiger partial charge is 0.149 e. The second kappa shape index (κ2) is 2.19. The van der Waals surface area contributed by atoms with Crippen LogP contribution in [0.4, 0.5) is 5.82 Å². The maximum Gasteiger partial charge on any atom is 0.149 e. The van der Waals surface area contributed by atoms with Crippen molar-refractivity contribution in [3.8, 4) is 0 Å². The van der Waals surface area contributed by atoms with E-state index in [1.165, 1.54) is 24.1 Å². The highest BCUT2D eigenvalue weighted by Crippen LogP contribution is 2.41. The van der Waals surface area contributed by atoms with Crippen molar-refractivity contribution >= 4 is 17.6 Å². The lowest BCUT2D eigenvalue weighted by atomic mass is 10.3. The zero-order valence-electron chi connectivity index (χ0n) is 6.79. The number of nitrogen functional groups attached to an aromatic ring is 1. The topological polar surface area (TPSA) is 43.8 Å². The molecule has 2 N–H and O–H groups in total. The third-order valence-electron chi connectivity index (χ3n) is 2.53. The van der Waals surface area contributed by atoms with Crippen LogP contribution in [0.25, 0.3) is 0 Å². The summed E-state index contributed by atoms with van der Waals surface area (Å²) in [5.41, 5.74) is 8.50. The Morgan fingerprint density at radius 3 is 3.00 bits per heavy atom. The van der Waals surface area contributed by atoms with Crippen LogP contribution in [-0.4, -0.2) is 9.78 Å². The van der Waals surface area contributed by atoms with Gasteiger partial charge < -0.3 is 5.73 Å². The molecule has 0 aromatic carbocycles. The molecule has 1 saturated carbocycles. The Balaban J connectivity index is 2.13. The molecule has 0 atom stereocenters. The van der Waals surface area contributed by atoms with Gasteiger partial charge in [0, 0.05) is 17.1 Å². The van der Waals surface area contributed by atoms with Crippen LogP contribution in [0.1, 0.15) is 30.1 Å². The van der Waals surface area contributed by atoms with Crippen LogP contribution in [0.3, 0.4) is 0 Å². The SMILES string of the molecule is Nc1nn(C2CC2)c2c1CSC2. The first kappa shape index (κ1) is 6.83. The number of thioether (sulfide) groups is 1. The van der Waals surface area contributed by atoms with Gasteiger partial charge in [-0.3, -0.25) is 4.68 Å². The summed E-state index contributed by atoms with van der Waals surface area (Å²) in [5.74, 6) is 2.94. The van der Waals surface area contributed by atoms with Crippen molar-refractivity contribution < 1.29 is 0 Å². The second-order valence-corrected chi connectivity index (χ2v) is 4.46. The summed E-state index contributed by atoms with van der Waals surface area (Å²) in [4.78, 5) is 0. The maximum atomic E-state index is 5.81. The predicted octanol–water partition coefficient (Wildman–Crippen LogP) is 1.55. The van der Waals surface area contributed by atoms with E-state index in [1.54, 1.807) is 0 Å². The van der Waals surface area contributed by atoms with Gasteiger partial charge in [-0.1, -0.05) is 0 Å². The fourth-order valence-electron chi connectivity index (χ4n) is 1.70. The minimum Gasteiger partial charge on any atom is -0.382 e. The zero-order valence-corrected chi connectivity index (χ0v) is 7.60. The molecule has 4 heteroatoms. The molecule has 1 fully saturated rings. The third-order valence-corrected chi connectivity index (χ3v) is 3.50. The first-order valence-corrected chi connectivity index (χ1v) is 5.45. The Hall–Kier alpha value is -0.640. The molecule has 1 aliphatic heterocycles. The van der Waals surface area contributed by atoms with E-state index in [1.807, 2.05) is 11.8 Å². The van der Waals surface area contributed by atoms with Crippen molar-refractivity contribution in [1.82, 2.24) is 9.78 Å². The quantitative estimate of drug-likeness (QED) is 0.714. The number of hydrogen-bond donors (Lipinski definition) is 1. The molecular formula is C8H11N3S. The van der Waals surface area contributed by atoms with Gasteiger partial charge in [-0.2, -0.15) is 16.9 Å². The van der Waals surface area contributed by atoms with Crippen LogP contribution in [-0.2, 0) is 11.5 Å². The normalized spacial score (nSPS) is 21.3. The fraction of sp³-hybridized carbons (Fsp3) is 0.625. The number of aromatic nitrogens is 2. The van der Waals surface area contributed by atoms with Crippen LogP contribution < -0.4 is 5.73 Å². The van der Waals surface area contributed by atoms with Gasteiger partial charge in [-0.05, 0) is 12.8 Å². The van der Waals surface area contributed by atoms with Crippen LogP contribution in [0.15, 0.2) is 0 Å². The highest BCUT2D eigenvalue weighted by molar-refractivity contribution is 7.98. The minimum atomic E-state index is 0.676. The standard InChI is InChI=1S/C8H11N3S/c9-8-6-3-12-4-7(6)11(10-8)5-1-2-5/h5H,1-4H2,(H2,9,10). The van der Waals surface area contributed by atoms with E-state index in [4.69, 9.17) is 5.73 Å². The van der Waals surface area contributed by atoms with Crippen LogP contribution in [0.5, 0.6) is 0 Å². The van der Waals surface area contributed by atoms with E-state index in [0.717, 1.165) is 17.3 Å². The van der Waals surface area contributed by atoms with Crippen molar-refractivity contribution in [2.75, 3.05) is 5.73 Å². The van der Waals surface area contributed by atoms with E-state index in [9.17, 15) is 0 Å². The van der Waals surface area contributed by atoms with E-state index in [0.29, 0.717) is 6.04 Å². The number of nitrogens with two attached hydrogens (primary N) is 1. The summed E-state index contributed by atoms with van der Waals surface area (Å²) in [7, 11) is 0. The Kier molecular flexibility index (Phi) is 1.25. The molecular weight excluding hydrogens is 170 g/mol. The van der Waals surface area contributed by atoms with Crippen molar-refractivity contribution in [2.45, 2.75) is 30.4 Å². The minimum absolute atomic E-state index is 0.676. The third kappa shape index (κ3) is 0.813. The summed E-state index contributed by atoms with van der Waals surface area (Å²) < 4.78 is 2.16. The van der Waals surface area contributed by atoms with Crippen molar-refractivity contribution in [3.63, 3.8) is 0 Å². The van der Waals surface area contributed by atoms with E-state index in [2.05, 4.69) is 9.78 Å². The molecule has 0 unspecified atom stereocenters. The lowest BCUT2D eigenvalue weighted by Crippen LogP contribution is -2.00. The molecule has 3 nitrogen and oxygen atoms in total. The summed E-state index contributed by atoms with van der Waals surface area (Å²) >= 11 is 1.94. The van der Waals surface area contributed by atoms with Crippen LogP contribution >= 0.6 is 11.8 Å². The Bertz CT molecular complexity index is 327.